The maximum atomic E-state index is 9.53. The van der Waals surface area contributed by atoms with E-state index in [0.717, 1.165) is 0 Å². The summed E-state index contributed by atoms with van der Waals surface area (Å²) in [5.41, 5.74) is 0.694. The normalized spacial score (nSPS) is 10.4. The number of hydrogen-bond donors (Lipinski definition) is 3. The number of hydrogen-bond acceptors (Lipinski definition) is 6. The molecule has 24 heavy (non-hydrogen) atoms. The Morgan fingerprint density at radius 2 is 1.29 bits per heavy atom. The Kier molecular flexibility index (Phi) is 4.11. The molecule has 0 amide bonds. The zero-order valence-electron chi connectivity index (χ0n) is 12.8. The minimum Gasteiger partial charge on any atom is -0.508 e. The molecule has 2 aromatic carbocycles. The van der Waals surface area contributed by atoms with Crippen molar-refractivity contribution in [2.75, 3.05) is 0 Å². The number of phenols is 3. The van der Waals surface area contributed by atoms with E-state index in [1.807, 2.05) is 0 Å². The lowest BCUT2D eigenvalue weighted by atomic mass is 10.2. The first-order chi connectivity index (χ1) is 11.5. The SMILES string of the molecule is Cc1cc(Oc2cccc(Oc3ccc(O)c(O)c3)n2)ccc1O. The number of aromatic hydroxyl groups is 3. The largest absolute Gasteiger partial charge is 0.508 e. The molecule has 0 saturated carbocycles. The van der Waals surface area contributed by atoms with Crippen LogP contribution in [-0.4, -0.2) is 20.3 Å². The van der Waals surface area contributed by atoms with Crippen molar-refractivity contribution in [1.82, 2.24) is 4.98 Å². The van der Waals surface area contributed by atoms with Gasteiger partial charge in [0.15, 0.2) is 11.5 Å². The van der Waals surface area contributed by atoms with E-state index in [4.69, 9.17) is 9.47 Å². The molecule has 6 heteroatoms. The minimum absolute atomic E-state index is 0.194. The Bertz CT molecular complexity index is 810. The van der Waals surface area contributed by atoms with Crippen LogP contribution in [0.25, 0.3) is 0 Å². The van der Waals surface area contributed by atoms with Crippen molar-refractivity contribution in [2.24, 2.45) is 0 Å². The van der Waals surface area contributed by atoms with Crippen molar-refractivity contribution in [3.63, 3.8) is 0 Å². The first-order valence-corrected chi connectivity index (χ1v) is 7.15. The van der Waals surface area contributed by atoms with Gasteiger partial charge in [-0.15, -0.1) is 0 Å². The number of ether oxygens (including phenoxy) is 2. The highest BCUT2D eigenvalue weighted by atomic mass is 16.5. The number of phenolic OH excluding ortho intramolecular Hbond substituents is 3. The third kappa shape index (κ3) is 3.49. The van der Waals surface area contributed by atoms with Gasteiger partial charge in [0.2, 0.25) is 11.8 Å². The third-order valence-corrected chi connectivity index (χ3v) is 3.26. The van der Waals surface area contributed by atoms with Gasteiger partial charge in [-0.2, -0.15) is 4.98 Å². The second kappa shape index (κ2) is 6.37. The molecule has 6 nitrogen and oxygen atoms in total. The number of aromatic nitrogens is 1. The lowest BCUT2D eigenvalue weighted by Crippen LogP contribution is -1.92. The molecule has 3 N–H and O–H groups in total. The lowest BCUT2D eigenvalue weighted by Gasteiger charge is -2.09. The Morgan fingerprint density at radius 1 is 0.708 bits per heavy atom. The van der Waals surface area contributed by atoms with Crippen LogP contribution in [0.1, 0.15) is 5.56 Å². The van der Waals surface area contributed by atoms with Gasteiger partial charge >= 0.3 is 0 Å². The summed E-state index contributed by atoms with van der Waals surface area (Å²) in [5.74, 6) is 1.15. The fourth-order valence-corrected chi connectivity index (χ4v) is 2.01. The topological polar surface area (TPSA) is 92.0 Å². The highest BCUT2D eigenvalue weighted by Crippen LogP contribution is 2.32. The molecular formula is C18H15NO5. The average Bonchev–Trinajstić information content (AvgIpc) is 2.55. The monoisotopic (exact) mass is 325 g/mol. The van der Waals surface area contributed by atoms with Crippen LogP contribution in [0, 0.1) is 6.92 Å². The molecule has 1 aromatic heterocycles. The molecular weight excluding hydrogens is 310 g/mol. The van der Waals surface area contributed by atoms with Crippen LogP contribution in [0.15, 0.2) is 54.6 Å². The van der Waals surface area contributed by atoms with Crippen LogP contribution >= 0.6 is 0 Å². The molecule has 1 heterocycles. The first kappa shape index (κ1) is 15.5. The van der Waals surface area contributed by atoms with Crippen molar-refractivity contribution in [1.29, 1.82) is 0 Å². The molecule has 0 unspecified atom stereocenters. The molecule has 3 rings (SSSR count). The number of benzene rings is 2. The van der Waals surface area contributed by atoms with E-state index in [1.54, 1.807) is 43.3 Å². The van der Waals surface area contributed by atoms with Gasteiger partial charge in [-0.1, -0.05) is 6.07 Å². The second-order valence-electron chi connectivity index (χ2n) is 5.12. The van der Waals surface area contributed by atoms with Gasteiger partial charge in [0, 0.05) is 18.2 Å². The van der Waals surface area contributed by atoms with E-state index < -0.39 is 0 Å². The van der Waals surface area contributed by atoms with Gasteiger partial charge < -0.3 is 24.8 Å². The molecule has 0 atom stereocenters. The van der Waals surface area contributed by atoms with Gasteiger partial charge in [0.05, 0.1) is 0 Å². The summed E-state index contributed by atoms with van der Waals surface area (Å²) in [4.78, 5) is 4.22. The minimum atomic E-state index is -0.278. The zero-order valence-corrected chi connectivity index (χ0v) is 12.8. The number of pyridine rings is 1. The highest BCUT2D eigenvalue weighted by molar-refractivity contribution is 5.44. The highest BCUT2D eigenvalue weighted by Gasteiger charge is 2.06. The van der Waals surface area contributed by atoms with E-state index >= 15 is 0 Å². The predicted octanol–water partition coefficient (Wildman–Crippen LogP) is 4.09. The molecule has 0 aliphatic rings. The lowest BCUT2D eigenvalue weighted by molar-refractivity contribution is 0.394. The van der Waals surface area contributed by atoms with Crippen molar-refractivity contribution < 1.29 is 24.8 Å². The standard InChI is InChI=1S/C18H15NO5/c1-11-9-12(5-7-14(11)20)23-17-3-2-4-18(19-17)24-13-6-8-15(21)16(22)10-13/h2-10,20-22H,1H3. The molecule has 0 aliphatic carbocycles. The van der Waals surface area contributed by atoms with Crippen molar-refractivity contribution in [3.8, 4) is 40.5 Å². The van der Waals surface area contributed by atoms with Gasteiger partial charge in [-0.3, -0.25) is 0 Å². The quantitative estimate of drug-likeness (QED) is 0.626. The van der Waals surface area contributed by atoms with Crippen molar-refractivity contribution in [2.45, 2.75) is 6.92 Å². The summed E-state index contributed by atoms with van der Waals surface area (Å²) in [6.45, 7) is 1.77. The van der Waals surface area contributed by atoms with Crippen LogP contribution < -0.4 is 9.47 Å². The van der Waals surface area contributed by atoms with Gasteiger partial charge in [-0.25, -0.2) is 0 Å². The van der Waals surface area contributed by atoms with Crippen LogP contribution in [0.2, 0.25) is 0 Å². The smallest absolute Gasteiger partial charge is 0.222 e. The van der Waals surface area contributed by atoms with Gasteiger partial charge in [0.1, 0.15) is 17.2 Å². The third-order valence-electron chi connectivity index (χ3n) is 3.26. The van der Waals surface area contributed by atoms with Crippen LogP contribution in [0.3, 0.4) is 0 Å². The Labute approximate surface area is 138 Å². The van der Waals surface area contributed by atoms with Crippen molar-refractivity contribution >= 4 is 0 Å². The fourth-order valence-electron chi connectivity index (χ4n) is 2.01. The summed E-state index contributed by atoms with van der Waals surface area (Å²) in [7, 11) is 0. The molecule has 122 valence electrons. The van der Waals surface area contributed by atoms with E-state index in [-0.39, 0.29) is 23.1 Å². The van der Waals surface area contributed by atoms with E-state index in [0.29, 0.717) is 22.9 Å². The first-order valence-electron chi connectivity index (χ1n) is 7.15. The number of nitrogens with zero attached hydrogens (tertiary/aromatic N) is 1. The van der Waals surface area contributed by atoms with Gasteiger partial charge in [0.25, 0.3) is 0 Å². The molecule has 0 fully saturated rings. The summed E-state index contributed by atoms with van der Waals surface area (Å²) in [5, 5.41) is 28.3. The van der Waals surface area contributed by atoms with Crippen LogP contribution in [0.5, 0.6) is 40.5 Å². The molecule has 3 aromatic rings. The zero-order chi connectivity index (χ0) is 17.1. The molecule has 0 bridgehead atoms. The second-order valence-corrected chi connectivity index (χ2v) is 5.12. The van der Waals surface area contributed by atoms with Crippen LogP contribution in [-0.2, 0) is 0 Å². The summed E-state index contributed by atoms with van der Waals surface area (Å²) >= 11 is 0. The Hall–Kier alpha value is -3.41. The summed E-state index contributed by atoms with van der Waals surface area (Å²) < 4.78 is 11.2. The maximum Gasteiger partial charge on any atom is 0.222 e. The molecule has 0 radical (unpaired) electrons. The fraction of sp³-hybridized carbons (Fsp3) is 0.0556. The Morgan fingerprint density at radius 3 is 1.88 bits per heavy atom. The van der Waals surface area contributed by atoms with Crippen LogP contribution in [0.4, 0.5) is 0 Å². The van der Waals surface area contributed by atoms with Gasteiger partial charge in [-0.05, 0) is 42.8 Å². The molecule has 0 saturated heterocycles. The maximum absolute atomic E-state index is 9.53. The number of rotatable bonds is 4. The number of aryl methyl sites for hydroxylation is 1. The van der Waals surface area contributed by atoms with E-state index in [2.05, 4.69) is 4.98 Å². The summed E-state index contributed by atoms with van der Waals surface area (Å²) in [6.07, 6.45) is 0. The predicted molar refractivity (Wildman–Crippen MR) is 87.0 cm³/mol. The van der Waals surface area contributed by atoms with Crippen molar-refractivity contribution in [3.05, 3.63) is 60.2 Å². The molecule has 0 aliphatic heterocycles. The Balaban J connectivity index is 1.78. The average molecular weight is 325 g/mol. The molecule has 0 spiro atoms. The van der Waals surface area contributed by atoms with E-state index in [1.165, 1.54) is 18.2 Å². The summed E-state index contributed by atoms with van der Waals surface area (Å²) in [6, 6.07) is 14.0. The van der Waals surface area contributed by atoms with E-state index in [9.17, 15) is 15.3 Å².